The molecule has 0 N–H and O–H groups in total. The maximum atomic E-state index is 13.6. The third kappa shape index (κ3) is 6.38. The predicted octanol–water partition coefficient (Wildman–Crippen LogP) is 6.56. The maximum absolute atomic E-state index is 13.6. The van der Waals surface area contributed by atoms with Gasteiger partial charge in [-0.3, -0.25) is 4.79 Å². The molecule has 4 rings (SSSR count). The summed E-state index contributed by atoms with van der Waals surface area (Å²) < 4.78 is 7.98. The Morgan fingerprint density at radius 2 is 1.47 bits per heavy atom. The van der Waals surface area contributed by atoms with Crippen molar-refractivity contribution in [1.82, 2.24) is 9.47 Å². The topological polar surface area (TPSA) is 34.5 Å². The summed E-state index contributed by atoms with van der Waals surface area (Å²) in [6, 6.07) is 32.2. The summed E-state index contributed by atoms with van der Waals surface area (Å²) in [6.07, 6.45) is 4.20. The van der Waals surface area contributed by atoms with Gasteiger partial charge in [-0.1, -0.05) is 74.0 Å². The summed E-state index contributed by atoms with van der Waals surface area (Å²) in [4.78, 5) is 15.5. The highest BCUT2D eigenvalue weighted by Gasteiger charge is 2.18. The SMILES string of the molecule is CCCCOc1ccc(C(=O)N(Cc2ccccc2)Cc2cccn2Cc2ccccc2)cc1. The summed E-state index contributed by atoms with van der Waals surface area (Å²) >= 11 is 0. The van der Waals surface area contributed by atoms with E-state index in [9.17, 15) is 4.79 Å². The standard InChI is InChI=1S/C30H32N2O2/c1-2-3-21-34-29-18-16-27(17-19-29)30(33)32(23-26-13-8-5-9-14-26)24-28-15-10-20-31(28)22-25-11-6-4-7-12-25/h4-20H,2-3,21-24H2,1H3. The maximum Gasteiger partial charge on any atom is 0.254 e. The Kier molecular flexibility index (Phi) is 8.18. The Hall–Kier alpha value is -3.79. The van der Waals surface area contributed by atoms with Crippen LogP contribution in [0.15, 0.2) is 103 Å². The minimum Gasteiger partial charge on any atom is -0.494 e. The molecule has 0 aliphatic carbocycles. The zero-order chi connectivity index (χ0) is 23.6. The van der Waals surface area contributed by atoms with E-state index in [-0.39, 0.29) is 5.91 Å². The first kappa shape index (κ1) is 23.4. The van der Waals surface area contributed by atoms with E-state index >= 15 is 0 Å². The summed E-state index contributed by atoms with van der Waals surface area (Å²) in [5.41, 5.74) is 4.11. The number of benzene rings is 3. The van der Waals surface area contributed by atoms with Crippen molar-refractivity contribution in [3.8, 4) is 5.75 Å². The van der Waals surface area contributed by atoms with E-state index in [1.54, 1.807) is 0 Å². The van der Waals surface area contributed by atoms with Gasteiger partial charge in [-0.2, -0.15) is 0 Å². The molecule has 0 aliphatic heterocycles. The first-order chi connectivity index (χ1) is 16.7. The lowest BCUT2D eigenvalue weighted by molar-refractivity contribution is 0.0726. The number of nitrogens with zero attached hydrogens (tertiary/aromatic N) is 2. The Morgan fingerprint density at radius 1 is 0.794 bits per heavy atom. The van der Waals surface area contributed by atoms with Crippen LogP contribution in [-0.4, -0.2) is 22.0 Å². The van der Waals surface area contributed by atoms with E-state index in [0.29, 0.717) is 25.3 Å². The van der Waals surface area contributed by atoms with Gasteiger partial charge in [0.25, 0.3) is 5.91 Å². The fraction of sp³-hybridized carbons (Fsp3) is 0.233. The Morgan fingerprint density at radius 3 is 2.15 bits per heavy atom. The zero-order valence-corrected chi connectivity index (χ0v) is 19.8. The van der Waals surface area contributed by atoms with E-state index < -0.39 is 0 Å². The summed E-state index contributed by atoms with van der Waals surface area (Å²) in [5, 5.41) is 0. The van der Waals surface area contributed by atoms with Crippen molar-refractivity contribution in [1.29, 1.82) is 0 Å². The molecule has 4 heteroatoms. The van der Waals surface area contributed by atoms with Gasteiger partial charge in [0, 0.05) is 30.5 Å². The van der Waals surface area contributed by atoms with Crippen LogP contribution in [0.25, 0.3) is 0 Å². The lowest BCUT2D eigenvalue weighted by Crippen LogP contribution is -2.31. The van der Waals surface area contributed by atoms with Gasteiger partial charge in [0.1, 0.15) is 5.75 Å². The van der Waals surface area contributed by atoms with Crippen molar-refractivity contribution in [2.45, 2.75) is 39.4 Å². The monoisotopic (exact) mass is 452 g/mol. The molecule has 0 radical (unpaired) electrons. The molecule has 4 nitrogen and oxygen atoms in total. The molecule has 174 valence electrons. The number of unbranched alkanes of at least 4 members (excludes halogenated alkanes) is 1. The Labute approximate surface area is 202 Å². The van der Waals surface area contributed by atoms with Crippen LogP contribution in [0, 0.1) is 0 Å². The molecule has 0 aliphatic rings. The Bertz CT molecular complexity index is 1150. The lowest BCUT2D eigenvalue weighted by atomic mass is 10.1. The first-order valence-electron chi connectivity index (χ1n) is 12.0. The highest BCUT2D eigenvalue weighted by atomic mass is 16.5. The number of hydrogen-bond donors (Lipinski definition) is 0. The fourth-order valence-corrected chi connectivity index (χ4v) is 3.94. The van der Waals surface area contributed by atoms with Gasteiger partial charge in [0.2, 0.25) is 0 Å². The average molecular weight is 453 g/mol. The number of carbonyl (C=O) groups is 1. The Balaban J connectivity index is 1.53. The van der Waals surface area contributed by atoms with Crippen molar-refractivity contribution in [3.05, 3.63) is 126 Å². The van der Waals surface area contributed by atoms with Gasteiger partial charge >= 0.3 is 0 Å². The number of ether oxygens (including phenoxy) is 1. The van der Waals surface area contributed by atoms with Crippen LogP contribution in [0.1, 0.15) is 46.9 Å². The molecular formula is C30H32N2O2. The number of rotatable bonds is 11. The highest BCUT2D eigenvalue weighted by molar-refractivity contribution is 5.94. The molecule has 0 unspecified atom stereocenters. The minimum atomic E-state index is 0.0106. The second kappa shape index (κ2) is 11.9. The number of aromatic nitrogens is 1. The summed E-state index contributed by atoms with van der Waals surface area (Å²) in [5.74, 6) is 0.813. The molecule has 0 fully saturated rings. The quantitative estimate of drug-likeness (QED) is 0.242. The normalized spacial score (nSPS) is 10.7. The minimum absolute atomic E-state index is 0.0106. The van der Waals surface area contributed by atoms with Crippen LogP contribution in [0.5, 0.6) is 5.75 Å². The summed E-state index contributed by atoms with van der Waals surface area (Å²) in [7, 11) is 0. The lowest BCUT2D eigenvalue weighted by Gasteiger charge is -2.24. The van der Waals surface area contributed by atoms with Gasteiger partial charge in [-0.25, -0.2) is 0 Å². The molecule has 3 aromatic carbocycles. The fourth-order valence-electron chi connectivity index (χ4n) is 3.94. The van der Waals surface area contributed by atoms with Gasteiger partial charge < -0.3 is 14.2 Å². The van der Waals surface area contributed by atoms with Gasteiger partial charge in [0.15, 0.2) is 0 Å². The molecule has 1 heterocycles. The van der Waals surface area contributed by atoms with Gasteiger partial charge in [0.05, 0.1) is 13.2 Å². The number of carbonyl (C=O) groups excluding carboxylic acids is 1. The molecule has 0 saturated carbocycles. The van der Waals surface area contributed by atoms with Crippen LogP contribution in [0.4, 0.5) is 0 Å². The molecular weight excluding hydrogens is 420 g/mol. The van der Waals surface area contributed by atoms with E-state index in [4.69, 9.17) is 4.74 Å². The third-order valence-corrected chi connectivity index (χ3v) is 5.84. The van der Waals surface area contributed by atoms with Crippen LogP contribution < -0.4 is 4.74 Å². The average Bonchev–Trinajstić information content (AvgIpc) is 3.31. The second-order valence-electron chi connectivity index (χ2n) is 8.49. The molecule has 1 aromatic heterocycles. The molecule has 0 bridgehead atoms. The van der Waals surface area contributed by atoms with Crippen LogP contribution >= 0.6 is 0 Å². The predicted molar refractivity (Wildman–Crippen MR) is 137 cm³/mol. The van der Waals surface area contributed by atoms with E-state index in [0.717, 1.165) is 36.4 Å². The van der Waals surface area contributed by atoms with Crippen LogP contribution in [0.3, 0.4) is 0 Å². The van der Waals surface area contributed by atoms with E-state index in [1.807, 2.05) is 59.5 Å². The van der Waals surface area contributed by atoms with Crippen molar-refractivity contribution >= 4 is 5.91 Å². The molecule has 34 heavy (non-hydrogen) atoms. The molecule has 0 spiro atoms. The smallest absolute Gasteiger partial charge is 0.254 e. The van der Waals surface area contributed by atoms with Gasteiger partial charge in [-0.05, 0) is 53.9 Å². The number of amides is 1. The zero-order valence-electron chi connectivity index (χ0n) is 19.8. The van der Waals surface area contributed by atoms with E-state index in [1.165, 1.54) is 5.56 Å². The van der Waals surface area contributed by atoms with Crippen molar-refractivity contribution < 1.29 is 9.53 Å². The molecule has 4 aromatic rings. The highest BCUT2D eigenvalue weighted by Crippen LogP contribution is 2.19. The van der Waals surface area contributed by atoms with E-state index in [2.05, 4.69) is 60.2 Å². The van der Waals surface area contributed by atoms with Crippen LogP contribution in [-0.2, 0) is 19.6 Å². The van der Waals surface area contributed by atoms with Crippen molar-refractivity contribution in [2.75, 3.05) is 6.61 Å². The first-order valence-corrected chi connectivity index (χ1v) is 12.0. The van der Waals surface area contributed by atoms with Crippen molar-refractivity contribution in [3.63, 3.8) is 0 Å². The van der Waals surface area contributed by atoms with Crippen LogP contribution in [0.2, 0.25) is 0 Å². The van der Waals surface area contributed by atoms with Gasteiger partial charge in [-0.15, -0.1) is 0 Å². The second-order valence-corrected chi connectivity index (χ2v) is 8.49. The largest absolute Gasteiger partial charge is 0.494 e. The van der Waals surface area contributed by atoms with Crippen molar-refractivity contribution in [2.24, 2.45) is 0 Å². The summed E-state index contributed by atoms with van der Waals surface area (Å²) in [6.45, 7) is 4.69. The number of hydrogen-bond acceptors (Lipinski definition) is 2. The third-order valence-electron chi connectivity index (χ3n) is 5.84. The molecule has 0 saturated heterocycles. The molecule has 0 atom stereocenters. The molecule has 1 amide bonds.